The van der Waals surface area contributed by atoms with E-state index in [9.17, 15) is 0 Å². The number of nitrogens with zero attached hydrogens (tertiary/aromatic N) is 4. The molecule has 14 rings (SSSR count). The first kappa shape index (κ1) is 42.9. The molecule has 0 bridgehead atoms. The van der Waals surface area contributed by atoms with Gasteiger partial charge in [-0.05, 0) is 138 Å². The quantitative estimate of drug-likeness (QED) is 0.135. The van der Waals surface area contributed by atoms with Gasteiger partial charge in [-0.1, -0.05) is 218 Å². The highest BCUT2D eigenvalue weighted by Gasteiger charge is 2.21. The second-order valence-corrected chi connectivity index (χ2v) is 18.9. The average Bonchev–Trinajstić information content (AvgIpc) is 4.07. The van der Waals surface area contributed by atoms with Crippen LogP contribution in [0.25, 0.3) is 133 Å². The van der Waals surface area contributed by atoms with E-state index in [-0.39, 0.29) is 0 Å². The highest BCUT2D eigenvalue weighted by Crippen LogP contribution is 2.46. The van der Waals surface area contributed by atoms with Crippen molar-refractivity contribution in [2.45, 2.75) is 0 Å². The summed E-state index contributed by atoms with van der Waals surface area (Å²) in [4.78, 5) is 10.6. The number of benzene rings is 12. The maximum atomic E-state index is 5.31. The largest absolute Gasteiger partial charge is 0.292 e. The molecule has 0 fully saturated rings. The van der Waals surface area contributed by atoms with Crippen LogP contribution in [0.15, 0.2) is 279 Å². The molecule has 4 nitrogen and oxygen atoms in total. The Bertz CT molecular complexity index is 4360. The summed E-state index contributed by atoms with van der Waals surface area (Å²) in [5.74, 6) is 1.85. The molecule has 0 radical (unpaired) electrons. The van der Waals surface area contributed by atoms with Crippen molar-refractivity contribution < 1.29 is 0 Å². The molecule has 0 saturated carbocycles. The molecule has 0 saturated heterocycles. The van der Waals surface area contributed by atoms with E-state index in [0.29, 0.717) is 0 Å². The number of fused-ring (bicyclic) bond motifs is 4. The molecule has 0 spiro atoms. The molecule has 2 heterocycles. The smallest absolute Gasteiger partial charge is 0.145 e. The number of imidazole rings is 2. The molecule has 0 atom stereocenters. The summed E-state index contributed by atoms with van der Waals surface area (Å²) in [5, 5.41) is 4.84. The number of hydrogen-bond donors (Lipinski definition) is 0. The molecule has 2 aromatic heterocycles. The summed E-state index contributed by atoms with van der Waals surface area (Å²) in [7, 11) is 0. The van der Waals surface area contributed by atoms with Crippen LogP contribution in [-0.4, -0.2) is 19.1 Å². The van der Waals surface area contributed by atoms with Crippen LogP contribution in [0.2, 0.25) is 0 Å². The van der Waals surface area contributed by atoms with Gasteiger partial charge in [-0.2, -0.15) is 0 Å². The van der Waals surface area contributed by atoms with Crippen LogP contribution >= 0.6 is 0 Å². The zero-order valence-corrected chi connectivity index (χ0v) is 40.3. The first-order chi connectivity index (χ1) is 36.7. The van der Waals surface area contributed by atoms with Gasteiger partial charge in [0.25, 0.3) is 0 Å². The van der Waals surface area contributed by atoms with E-state index < -0.39 is 0 Å². The van der Waals surface area contributed by atoms with Crippen molar-refractivity contribution in [2.75, 3.05) is 0 Å². The Morgan fingerprint density at radius 2 is 0.514 bits per heavy atom. The summed E-state index contributed by atoms with van der Waals surface area (Å²) in [6.45, 7) is 0. The minimum atomic E-state index is 0.922. The number of para-hydroxylation sites is 2. The molecule has 0 aliphatic carbocycles. The van der Waals surface area contributed by atoms with Crippen LogP contribution in [0.5, 0.6) is 0 Å². The second-order valence-electron chi connectivity index (χ2n) is 18.9. The van der Waals surface area contributed by atoms with Crippen molar-refractivity contribution in [2.24, 2.45) is 0 Å². The monoisotopic (exact) mass is 942 g/mol. The lowest BCUT2D eigenvalue weighted by Gasteiger charge is -2.19. The standard InChI is InChI=1S/C70H46N4/c1-7-19-49(20-8-1)67-60-40-36-54(56-38-42-66-64(46-56)72-70(52-25-13-4-14-26-52)74(66)58-29-17-6-18-30-58)44-62(60)68(50-21-9-2-10-22-50)59-39-35-53(43-61(59)67)47-31-33-48(34-32-47)55-37-41-65-63(45-55)71-69(51-23-11-3-12-24-51)73(65)57-27-15-5-16-28-57/h1-46H. The first-order valence-corrected chi connectivity index (χ1v) is 25.2. The van der Waals surface area contributed by atoms with Crippen molar-refractivity contribution in [3.8, 4) is 89.8 Å². The van der Waals surface area contributed by atoms with Crippen LogP contribution < -0.4 is 0 Å². The zero-order chi connectivity index (χ0) is 49.0. The maximum absolute atomic E-state index is 5.31. The van der Waals surface area contributed by atoms with Crippen LogP contribution in [0.4, 0.5) is 0 Å². The number of hydrogen-bond acceptors (Lipinski definition) is 2. The van der Waals surface area contributed by atoms with Gasteiger partial charge in [0.05, 0.1) is 22.1 Å². The molecule has 0 N–H and O–H groups in total. The van der Waals surface area contributed by atoms with Crippen molar-refractivity contribution in [3.63, 3.8) is 0 Å². The van der Waals surface area contributed by atoms with Gasteiger partial charge < -0.3 is 0 Å². The van der Waals surface area contributed by atoms with Gasteiger partial charge >= 0.3 is 0 Å². The second kappa shape index (κ2) is 18.1. The van der Waals surface area contributed by atoms with E-state index in [1.54, 1.807) is 0 Å². The molecule has 346 valence electrons. The lowest BCUT2D eigenvalue weighted by Crippen LogP contribution is -1.97. The summed E-state index contributed by atoms with van der Waals surface area (Å²) < 4.78 is 4.53. The third kappa shape index (κ3) is 7.48. The van der Waals surface area contributed by atoms with Gasteiger partial charge in [0.1, 0.15) is 11.6 Å². The Balaban J connectivity index is 0.891. The molecule has 0 aliphatic heterocycles. The summed E-state index contributed by atoms with van der Waals surface area (Å²) in [6, 6.07) is 100. The molecular formula is C70H46N4. The molecule has 14 aromatic rings. The van der Waals surface area contributed by atoms with E-state index in [4.69, 9.17) is 9.97 Å². The Morgan fingerprint density at radius 1 is 0.216 bits per heavy atom. The van der Waals surface area contributed by atoms with Crippen LogP contribution in [0.3, 0.4) is 0 Å². The maximum Gasteiger partial charge on any atom is 0.145 e. The van der Waals surface area contributed by atoms with Crippen molar-refractivity contribution in [1.82, 2.24) is 19.1 Å². The van der Waals surface area contributed by atoms with E-state index in [1.165, 1.54) is 49.4 Å². The van der Waals surface area contributed by atoms with Crippen LogP contribution in [0, 0.1) is 0 Å². The van der Waals surface area contributed by atoms with E-state index >= 15 is 0 Å². The Morgan fingerprint density at radius 3 is 0.905 bits per heavy atom. The van der Waals surface area contributed by atoms with Gasteiger partial charge in [-0.3, -0.25) is 9.13 Å². The molecule has 0 unspecified atom stereocenters. The minimum Gasteiger partial charge on any atom is -0.292 e. The zero-order valence-electron chi connectivity index (χ0n) is 40.3. The fraction of sp³-hybridized carbons (Fsp3) is 0. The highest BCUT2D eigenvalue weighted by atomic mass is 15.1. The fourth-order valence-electron chi connectivity index (χ4n) is 11.0. The first-order valence-electron chi connectivity index (χ1n) is 25.2. The van der Waals surface area contributed by atoms with Gasteiger partial charge in [0.15, 0.2) is 0 Å². The lowest BCUT2D eigenvalue weighted by atomic mass is 9.84. The van der Waals surface area contributed by atoms with Crippen LogP contribution in [0.1, 0.15) is 0 Å². The van der Waals surface area contributed by atoms with E-state index in [1.807, 2.05) is 6.07 Å². The fourth-order valence-corrected chi connectivity index (χ4v) is 11.0. The Kier molecular flexibility index (Phi) is 10.5. The Hall–Kier alpha value is -9.90. The normalized spacial score (nSPS) is 11.5. The molecular weight excluding hydrogens is 897 g/mol. The summed E-state index contributed by atoms with van der Waals surface area (Å²) in [6.07, 6.45) is 0. The van der Waals surface area contributed by atoms with Gasteiger partial charge in [0.2, 0.25) is 0 Å². The summed E-state index contributed by atoms with van der Waals surface area (Å²) >= 11 is 0. The number of aromatic nitrogens is 4. The van der Waals surface area contributed by atoms with Crippen LogP contribution in [-0.2, 0) is 0 Å². The Labute approximate surface area is 429 Å². The number of rotatable bonds is 9. The lowest BCUT2D eigenvalue weighted by molar-refractivity contribution is 1.10. The van der Waals surface area contributed by atoms with Gasteiger partial charge in [-0.15, -0.1) is 0 Å². The molecule has 0 aliphatic rings. The average molecular weight is 943 g/mol. The van der Waals surface area contributed by atoms with E-state index in [2.05, 4.69) is 282 Å². The van der Waals surface area contributed by atoms with Gasteiger partial charge in [0, 0.05) is 22.5 Å². The predicted molar refractivity (Wildman–Crippen MR) is 309 cm³/mol. The SMILES string of the molecule is c1ccc(-c2c3ccc(-c4ccc5c(c4)nc(-c4ccccc4)n5-c4ccccc4)cc3c(-c3ccccc3)c3ccc(-c4ccc(-c5ccc6c(c5)nc(-c5ccccc5)n6-c5ccccc5)cc4)cc23)cc1. The van der Waals surface area contributed by atoms with Gasteiger partial charge in [-0.25, -0.2) is 9.97 Å². The molecule has 0 amide bonds. The van der Waals surface area contributed by atoms with Crippen molar-refractivity contribution >= 4 is 43.6 Å². The van der Waals surface area contributed by atoms with Crippen molar-refractivity contribution in [3.05, 3.63) is 279 Å². The minimum absolute atomic E-state index is 0.922. The molecule has 12 aromatic carbocycles. The molecule has 74 heavy (non-hydrogen) atoms. The summed E-state index contributed by atoms with van der Waals surface area (Å²) in [5.41, 5.74) is 20.1. The predicted octanol–water partition coefficient (Wildman–Crippen LogP) is 18.3. The highest BCUT2D eigenvalue weighted by molar-refractivity contribution is 6.22. The third-order valence-corrected chi connectivity index (χ3v) is 14.5. The molecule has 4 heteroatoms. The third-order valence-electron chi connectivity index (χ3n) is 14.5. The topological polar surface area (TPSA) is 35.6 Å². The van der Waals surface area contributed by atoms with E-state index in [0.717, 1.165) is 84.0 Å². The van der Waals surface area contributed by atoms with Crippen molar-refractivity contribution in [1.29, 1.82) is 0 Å².